The van der Waals surface area contributed by atoms with Crippen LogP contribution in [-0.4, -0.2) is 42.9 Å². The van der Waals surface area contributed by atoms with Crippen LogP contribution in [0.15, 0.2) is 65.7 Å². The molecule has 0 saturated carbocycles. The molecule has 0 amide bonds. The molecule has 1 N–H and O–H groups in total. The number of fused-ring (bicyclic) bond motifs is 1. The van der Waals surface area contributed by atoms with Gasteiger partial charge in [-0.05, 0) is 43.3 Å². The Kier molecular flexibility index (Phi) is 6.21. The van der Waals surface area contributed by atoms with Crippen molar-refractivity contribution in [2.24, 2.45) is 0 Å². The zero-order valence-electron chi connectivity index (χ0n) is 17.6. The number of hydrogen-bond acceptors (Lipinski definition) is 7. The van der Waals surface area contributed by atoms with E-state index in [1.165, 1.54) is 36.2 Å². The molecule has 0 aliphatic heterocycles. The lowest BCUT2D eigenvalue weighted by molar-refractivity contribution is 0.0527. The normalized spacial score (nSPS) is 11.4. The minimum Gasteiger partial charge on any atom is -0.495 e. The van der Waals surface area contributed by atoms with Crippen molar-refractivity contribution < 1.29 is 22.7 Å². The number of ether oxygens (including phenoxy) is 2. The van der Waals surface area contributed by atoms with Crippen LogP contribution in [0.25, 0.3) is 16.7 Å². The Morgan fingerprint density at radius 3 is 2.70 bits per heavy atom. The second kappa shape index (κ2) is 9.08. The van der Waals surface area contributed by atoms with Gasteiger partial charge < -0.3 is 9.47 Å². The summed E-state index contributed by atoms with van der Waals surface area (Å²) in [6.45, 7) is 1.75. The average Bonchev–Trinajstić information content (AvgIpc) is 3.21. The molecule has 2 aromatic heterocycles. The summed E-state index contributed by atoms with van der Waals surface area (Å²) in [5.74, 6) is -0.474. The molecule has 4 aromatic rings. The Labute approximate surface area is 195 Å². The number of halogens is 1. The smallest absolute Gasteiger partial charge is 0.343 e. The van der Waals surface area contributed by atoms with Crippen LogP contribution in [0.5, 0.6) is 5.75 Å². The van der Waals surface area contributed by atoms with Crippen LogP contribution in [0, 0.1) is 0 Å². The number of methoxy groups -OCH3 is 1. The van der Waals surface area contributed by atoms with E-state index >= 15 is 0 Å². The number of benzene rings is 2. The maximum atomic E-state index is 13.3. The molecule has 0 fully saturated rings. The fraction of sp³-hybridized carbons (Fsp3) is 0.136. The minimum absolute atomic E-state index is 0.0728. The van der Waals surface area contributed by atoms with Gasteiger partial charge in [0.05, 0.1) is 25.4 Å². The number of hydrogen-bond donors (Lipinski definition) is 1. The molecule has 11 heteroatoms. The van der Waals surface area contributed by atoms with Crippen LogP contribution in [0.3, 0.4) is 0 Å². The highest BCUT2D eigenvalue weighted by Crippen LogP contribution is 2.30. The lowest BCUT2D eigenvalue weighted by atomic mass is 10.2. The van der Waals surface area contributed by atoms with Crippen LogP contribution in [-0.2, 0) is 14.8 Å². The van der Waals surface area contributed by atoms with Gasteiger partial charge in [0.15, 0.2) is 11.6 Å². The van der Waals surface area contributed by atoms with E-state index in [4.69, 9.17) is 21.1 Å². The highest BCUT2D eigenvalue weighted by atomic mass is 35.5. The lowest BCUT2D eigenvalue weighted by Gasteiger charge is -2.14. The molecule has 9 nitrogen and oxygen atoms in total. The summed E-state index contributed by atoms with van der Waals surface area (Å²) in [7, 11) is -2.91. The molecule has 2 heterocycles. The topological polar surface area (TPSA) is 112 Å². The van der Waals surface area contributed by atoms with Crippen LogP contribution in [0.2, 0.25) is 5.02 Å². The Morgan fingerprint density at radius 2 is 1.94 bits per heavy atom. The number of aromatic nitrogens is 3. The number of nitrogens with one attached hydrogen (secondary N) is 1. The summed E-state index contributed by atoms with van der Waals surface area (Å²) >= 11 is 6.02. The molecule has 33 heavy (non-hydrogen) atoms. The number of nitrogens with zero attached hydrogens (tertiary/aromatic N) is 3. The molecule has 0 atom stereocenters. The van der Waals surface area contributed by atoms with E-state index in [2.05, 4.69) is 14.8 Å². The van der Waals surface area contributed by atoms with Gasteiger partial charge in [0.25, 0.3) is 10.0 Å². The van der Waals surface area contributed by atoms with Gasteiger partial charge in [-0.2, -0.15) is 9.78 Å². The number of para-hydroxylation sites is 1. The summed E-state index contributed by atoms with van der Waals surface area (Å²) in [6.07, 6.45) is 1.22. The largest absolute Gasteiger partial charge is 0.495 e. The van der Waals surface area contributed by atoms with E-state index in [-0.39, 0.29) is 33.7 Å². The van der Waals surface area contributed by atoms with E-state index in [1.54, 1.807) is 13.0 Å². The first-order chi connectivity index (χ1) is 15.8. The molecule has 0 saturated heterocycles. The van der Waals surface area contributed by atoms with Crippen molar-refractivity contribution in [2.45, 2.75) is 11.8 Å². The third-order valence-electron chi connectivity index (χ3n) is 4.71. The van der Waals surface area contributed by atoms with E-state index in [0.717, 1.165) is 5.39 Å². The van der Waals surface area contributed by atoms with E-state index in [9.17, 15) is 13.2 Å². The molecule has 0 aliphatic rings. The van der Waals surface area contributed by atoms with Gasteiger partial charge in [-0.3, -0.25) is 4.72 Å². The van der Waals surface area contributed by atoms with Crippen LogP contribution < -0.4 is 9.46 Å². The van der Waals surface area contributed by atoms with Crippen LogP contribution >= 0.6 is 11.6 Å². The van der Waals surface area contributed by atoms with Gasteiger partial charge in [-0.15, -0.1) is 0 Å². The van der Waals surface area contributed by atoms with Gasteiger partial charge in [-0.25, -0.2) is 18.2 Å². The van der Waals surface area contributed by atoms with E-state index < -0.39 is 16.0 Å². The van der Waals surface area contributed by atoms with Crippen molar-refractivity contribution in [1.82, 2.24) is 14.8 Å². The molecule has 0 spiro atoms. The number of carbonyl (C=O) groups is 1. The number of rotatable bonds is 7. The summed E-state index contributed by atoms with van der Waals surface area (Å²) in [5.41, 5.74) is 0.602. The first kappa shape index (κ1) is 22.6. The summed E-state index contributed by atoms with van der Waals surface area (Å²) < 4.78 is 40.5. The van der Waals surface area contributed by atoms with Crippen molar-refractivity contribution >= 4 is 44.3 Å². The van der Waals surface area contributed by atoms with Crippen LogP contribution in [0.4, 0.5) is 5.82 Å². The Morgan fingerprint density at radius 1 is 1.15 bits per heavy atom. The Hall–Kier alpha value is -3.63. The molecule has 0 unspecified atom stereocenters. The fourth-order valence-corrected chi connectivity index (χ4v) is 4.69. The lowest BCUT2D eigenvalue weighted by Crippen LogP contribution is -2.19. The summed E-state index contributed by atoms with van der Waals surface area (Å²) in [6, 6.07) is 15.1. The summed E-state index contributed by atoms with van der Waals surface area (Å²) in [5, 5.41) is 5.30. The molecule has 0 radical (unpaired) electrons. The third-order valence-corrected chi connectivity index (χ3v) is 6.31. The third kappa shape index (κ3) is 4.48. The highest BCUT2D eigenvalue weighted by Gasteiger charge is 2.27. The maximum absolute atomic E-state index is 13.3. The van der Waals surface area contributed by atoms with E-state index in [0.29, 0.717) is 11.3 Å². The second-order valence-corrected chi connectivity index (χ2v) is 8.89. The van der Waals surface area contributed by atoms with Crippen molar-refractivity contribution in [3.8, 4) is 11.6 Å². The zero-order chi connectivity index (χ0) is 23.6. The molecule has 4 rings (SSSR count). The molecule has 0 aliphatic carbocycles. The molecule has 170 valence electrons. The SMILES string of the molecule is CCOC(=O)c1cnn(-c2ccc3ccccc3n2)c1NS(=O)(=O)c1cc(Cl)ccc1OC. The fourth-order valence-electron chi connectivity index (χ4n) is 3.19. The zero-order valence-corrected chi connectivity index (χ0v) is 19.2. The Balaban J connectivity index is 1.86. The van der Waals surface area contributed by atoms with Gasteiger partial charge in [-0.1, -0.05) is 29.8 Å². The van der Waals surface area contributed by atoms with Crippen molar-refractivity contribution in [2.75, 3.05) is 18.4 Å². The number of esters is 1. The van der Waals surface area contributed by atoms with Crippen LogP contribution in [0.1, 0.15) is 17.3 Å². The molecule has 2 aromatic carbocycles. The predicted octanol–water partition coefficient (Wildman–Crippen LogP) is 4.06. The van der Waals surface area contributed by atoms with Crippen molar-refractivity contribution in [3.05, 3.63) is 71.4 Å². The van der Waals surface area contributed by atoms with Gasteiger partial charge >= 0.3 is 5.97 Å². The predicted molar refractivity (Wildman–Crippen MR) is 124 cm³/mol. The number of pyridine rings is 1. The highest BCUT2D eigenvalue weighted by molar-refractivity contribution is 7.92. The first-order valence-corrected chi connectivity index (χ1v) is 11.7. The monoisotopic (exact) mass is 486 g/mol. The van der Waals surface area contributed by atoms with Crippen molar-refractivity contribution in [1.29, 1.82) is 0 Å². The van der Waals surface area contributed by atoms with Gasteiger partial charge in [0.2, 0.25) is 0 Å². The molecular formula is C22H19ClN4O5S. The first-order valence-electron chi connectivity index (χ1n) is 9.81. The van der Waals surface area contributed by atoms with Gasteiger partial charge in [0.1, 0.15) is 16.2 Å². The number of anilines is 1. The maximum Gasteiger partial charge on any atom is 0.343 e. The quantitative estimate of drug-likeness (QED) is 0.392. The standard InChI is InChI=1S/C22H19ClN4O5S/c1-3-32-22(28)16-13-24-27(20-11-8-14-6-4-5-7-17(14)25-20)21(16)26-33(29,30)19-12-15(23)9-10-18(19)31-2/h4-13,26H,3H2,1-2H3. The molecular weight excluding hydrogens is 468 g/mol. The number of sulfonamides is 1. The van der Waals surface area contributed by atoms with Crippen molar-refractivity contribution in [3.63, 3.8) is 0 Å². The molecule has 0 bridgehead atoms. The van der Waals surface area contributed by atoms with E-state index in [1.807, 2.05) is 30.3 Å². The second-order valence-electron chi connectivity index (χ2n) is 6.80. The minimum atomic E-state index is -4.25. The average molecular weight is 487 g/mol. The summed E-state index contributed by atoms with van der Waals surface area (Å²) in [4.78, 5) is 16.9. The Bertz CT molecular complexity index is 1450. The van der Waals surface area contributed by atoms with Gasteiger partial charge in [0, 0.05) is 10.4 Å². The number of carbonyl (C=O) groups excluding carboxylic acids is 1.